The zero-order valence-electron chi connectivity index (χ0n) is 18.6. The van der Waals surface area contributed by atoms with Gasteiger partial charge in [0.1, 0.15) is 18.1 Å². The Labute approximate surface area is 185 Å². The minimum atomic E-state index is -1.68. The monoisotopic (exact) mass is 459 g/mol. The van der Waals surface area contributed by atoms with Crippen LogP contribution in [-0.4, -0.2) is 69.9 Å². The smallest absolute Gasteiger partial charge is 0.326 e. The van der Waals surface area contributed by atoms with Crippen molar-refractivity contribution in [2.75, 3.05) is 0 Å². The Morgan fingerprint density at radius 3 is 1.72 bits per heavy atom. The quantitative estimate of drug-likeness (QED) is 0.151. The molecule has 0 aliphatic rings. The van der Waals surface area contributed by atoms with Crippen molar-refractivity contribution >= 4 is 35.6 Å². The number of carboxylic acids is 2. The lowest BCUT2D eigenvalue weighted by Crippen LogP contribution is -2.60. The number of aliphatic carboxylic acids is 2. The van der Waals surface area contributed by atoms with E-state index in [1.54, 1.807) is 27.7 Å². The number of rotatable bonds is 14. The minimum Gasteiger partial charge on any atom is -0.481 e. The van der Waals surface area contributed by atoms with Crippen molar-refractivity contribution in [1.82, 2.24) is 16.0 Å². The molecule has 0 saturated heterocycles. The first-order valence-corrected chi connectivity index (χ1v) is 10.1. The molecule has 0 rings (SSSR count). The topological polar surface area (TPSA) is 231 Å². The summed E-state index contributed by atoms with van der Waals surface area (Å²) in [6, 6.07) is -5.26. The molecule has 0 aliphatic carbocycles. The molecule has 0 fully saturated rings. The zero-order valence-corrected chi connectivity index (χ0v) is 18.6. The van der Waals surface area contributed by atoms with Crippen molar-refractivity contribution < 1.29 is 39.0 Å². The van der Waals surface area contributed by atoms with Gasteiger partial charge in [-0.15, -0.1) is 0 Å². The van der Waals surface area contributed by atoms with Gasteiger partial charge in [-0.25, -0.2) is 4.79 Å². The summed E-state index contributed by atoms with van der Waals surface area (Å²) in [4.78, 5) is 70.8. The Morgan fingerprint density at radius 1 is 0.812 bits per heavy atom. The maximum Gasteiger partial charge on any atom is 0.326 e. The van der Waals surface area contributed by atoms with Crippen molar-refractivity contribution in [1.29, 1.82) is 0 Å². The summed E-state index contributed by atoms with van der Waals surface area (Å²) in [6.07, 6.45) is -0.835. The van der Waals surface area contributed by atoms with Gasteiger partial charge >= 0.3 is 11.9 Å². The Kier molecular flexibility index (Phi) is 11.9. The second kappa shape index (κ2) is 13.2. The van der Waals surface area contributed by atoms with E-state index in [4.69, 9.17) is 21.7 Å². The van der Waals surface area contributed by atoms with Crippen LogP contribution in [0, 0.1) is 11.8 Å². The van der Waals surface area contributed by atoms with E-state index in [-0.39, 0.29) is 0 Å². The van der Waals surface area contributed by atoms with E-state index in [0.717, 1.165) is 0 Å². The largest absolute Gasteiger partial charge is 0.481 e. The average molecular weight is 460 g/mol. The highest BCUT2D eigenvalue weighted by Gasteiger charge is 2.34. The lowest BCUT2D eigenvalue weighted by atomic mass is 9.96. The molecule has 5 atom stereocenters. The molecular weight excluding hydrogens is 426 g/mol. The van der Waals surface area contributed by atoms with Crippen molar-refractivity contribution in [3.05, 3.63) is 0 Å². The number of nitrogens with two attached hydrogens (primary N) is 2. The molecule has 0 spiro atoms. The highest BCUT2D eigenvalue weighted by Crippen LogP contribution is 2.11. The maximum atomic E-state index is 12.8. The Hall–Kier alpha value is -3.22. The van der Waals surface area contributed by atoms with Gasteiger partial charge in [0.15, 0.2) is 0 Å². The SMILES string of the molecule is CCC(C)C(NC(=O)C(NC(=O)C(N)CC(N)=O)C(C)C)C(=O)NC(CC(=O)O)C(=O)O. The van der Waals surface area contributed by atoms with E-state index < -0.39 is 84.4 Å². The van der Waals surface area contributed by atoms with E-state index in [1.165, 1.54) is 0 Å². The molecule has 5 unspecified atom stereocenters. The van der Waals surface area contributed by atoms with E-state index in [9.17, 15) is 28.8 Å². The third-order valence-corrected chi connectivity index (χ3v) is 4.79. The molecular formula is C19H33N5O8. The van der Waals surface area contributed by atoms with E-state index in [1.807, 2.05) is 0 Å². The fourth-order valence-electron chi connectivity index (χ4n) is 2.69. The summed E-state index contributed by atoms with van der Waals surface area (Å²) in [5.74, 6) is -7.01. The number of primary amides is 1. The summed E-state index contributed by atoms with van der Waals surface area (Å²) in [7, 11) is 0. The summed E-state index contributed by atoms with van der Waals surface area (Å²) in [6.45, 7) is 6.66. The van der Waals surface area contributed by atoms with Crippen LogP contribution in [0.5, 0.6) is 0 Å². The lowest BCUT2D eigenvalue weighted by molar-refractivity contribution is -0.147. The standard InChI is InChI=1S/C19H33N5O8/c1-5-9(4)15(18(30)22-11(19(31)32)7-13(26)27)24-17(29)14(8(2)3)23-16(28)10(20)6-12(21)25/h8-11,14-15H,5-7,20H2,1-4H3,(H2,21,25)(H,22,30)(H,23,28)(H,24,29)(H,26,27)(H,31,32). The van der Waals surface area contributed by atoms with Crippen LogP contribution in [-0.2, 0) is 28.8 Å². The van der Waals surface area contributed by atoms with Crippen LogP contribution in [0.25, 0.3) is 0 Å². The minimum absolute atomic E-state index is 0.420. The number of carboxylic acid groups (broad SMARTS) is 2. The highest BCUT2D eigenvalue weighted by atomic mass is 16.4. The Morgan fingerprint density at radius 2 is 1.31 bits per heavy atom. The normalized spacial score (nSPS) is 15.6. The molecule has 4 amide bonds. The average Bonchev–Trinajstić information content (AvgIpc) is 2.67. The number of carbonyl (C=O) groups is 6. The highest BCUT2D eigenvalue weighted by molar-refractivity contribution is 5.95. The molecule has 9 N–H and O–H groups in total. The molecule has 32 heavy (non-hydrogen) atoms. The lowest BCUT2D eigenvalue weighted by Gasteiger charge is -2.29. The molecule has 0 aliphatic heterocycles. The number of nitrogens with one attached hydrogen (secondary N) is 3. The number of hydrogen-bond donors (Lipinski definition) is 7. The molecule has 0 aromatic carbocycles. The van der Waals surface area contributed by atoms with Crippen LogP contribution in [0.15, 0.2) is 0 Å². The van der Waals surface area contributed by atoms with Gasteiger partial charge in [0.05, 0.1) is 18.9 Å². The first-order valence-electron chi connectivity index (χ1n) is 10.1. The first-order chi connectivity index (χ1) is 14.7. The van der Waals surface area contributed by atoms with Crippen LogP contribution >= 0.6 is 0 Å². The van der Waals surface area contributed by atoms with Crippen LogP contribution in [0.4, 0.5) is 0 Å². The Balaban J connectivity index is 5.52. The predicted molar refractivity (Wildman–Crippen MR) is 112 cm³/mol. The van der Waals surface area contributed by atoms with Crippen LogP contribution in [0.3, 0.4) is 0 Å². The number of carbonyl (C=O) groups excluding carboxylic acids is 4. The van der Waals surface area contributed by atoms with Gasteiger partial charge in [0, 0.05) is 0 Å². The van der Waals surface area contributed by atoms with Crippen molar-refractivity contribution in [3.63, 3.8) is 0 Å². The van der Waals surface area contributed by atoms with Gasteiger partial charge < -0.3 is 37.6 Å². The molecule has 0 bridgehead atoms. The van der Waals surface area contributed by atoms with Crippen LogP contribution < -0.4 is 27.4 Å². The summed E-state index contributed by atoms with van der Waals surface area (Å²) < 4.78 is 0. The molecule has 0 saturated carbocycles. The summed E-state index contributed by atoms with van der Waals surface area (Å²) in [5.41, 5.74) is 10.6. The van der Waals surface area contributed by atoms with E-state index in [0.29, 0.717) is 6.42 Å². The molecule has 13 nitrogen and oxygen atoms in total. The number of amides is 4. The van der Waals surface area contributed by atoms with Gasteiger partial charge in [0.2, 0.25) is 23.6 Å². The van der Waals surface area contributed by atoms with Gasteiger partial charge in [-0.05, 0) is 11.8 Å². The predicted octanol–water partition coefficient (Wildman–Crippen LogP) is -2.10. The van der Waals surface area contributed by atoms with E-state index >= 15 is 0 Å². The molecule has 182 valence electrons. The van der Waals surface area contributed by atoms with Gasteiger partial charge in [0.25, 0.3) is 0 Å². The molecule has 0 radical (unpaired) electrons. The van der Waals surface area contributed by atoms with Crippen molar-refractivity contribution in [2.45, 2.75) is 71.1 Å². The van der Waals surface area contributed by atoms with Crippen molar-refractivity contribution in [2.24, 2.45) is 23.3 Å². The second-order valence-electron chi connectivity index (χ2n) is 7.88. The zero-order chi connectivity index (χ0) is 25.2. The van der Waals surface area contributed by atoms with Gasteiger partial charge in [-0.3, -0.25) is 24.0 Å². The third kappa shape index (κ3) is 9.73. The Bertz CT molecular complexity index is 727. The van der Waals surface area contributed by atoms with Crippen LogP contribution in [0.2, 0.25) is 0 Å². The fourth-order valence-corrected chi connectivity index (χ4v) is 2.69. The molecule has 0 aromatic heterocycles. The summed E-state index contributed by atoms with van der Waals surface area (Å²) >= 11 is 0. The second-order valence-corrected chi connectivity index (χ2v) is 7.88. The van der Waals surface area contributed by atoms with Gasteiger partial charge in [-0.2, -0.15) is 0 Å². The summed E-state index contributed by atoms with van der Waals surface area (Å²) in [5, 5.41) is 25.0. The molecule has 0 aromatic rings. The molecule has 0 heterocycles. The van der Waals surface area contributed by atoms with E-state index in [2.05, 4.69) is 16.0 Å². The van der Waals surface area contributed by atoms with Gasteiger partial charge in [-0.1, -0.05) is 34.1 Å². The van der Waals surface area contributed by atoms with Crippen molar-refractivity contribution in [3.8, 4) is 0 Å². The fraction of sp³-hybridized carbons (Fsp3) is 0.684. The van der Waals surface area contributed by atoms with Crippen LogP contribution in [0.1, 0.15) is 47.0 Å². The first kappa shape index (κ1) is 28.8. The maximum absolute atomic E-state index is 12.8. The molecule has 13 heteroatoms. The third-order valence-electron chi connectivity index (χ3n) is 4.79. The number of hydrogen-bond acceptors (Lipinski definition) is 7.